The van der Waals surface area contributed by atoms with Gasteiger partial charge in [0, 0.05) is 28.7 Å². The molecule has 1 amide bonds. The third kappa shape index (κ3) is 4.48. The second-order valence-corrected chi connectivity index (χ2v) is 8.07. The molecule has 0 spiro atoms. The summed E-state index contributed by atoms with van der Waals surface area (Å²) in [5.41, 5.74) is 5.85. The van der Waals surface area contributed by atoms with Crippen molar-refractivity contribution in [1.29, 1.82) is 0 Å². The van der Waals surface area contributed by atoms with Crippen LogP contribution >= 0.6 is 0 Å². The van der Waals surface area contributed by atoms with Crippen molar-refractivity contribution < 1.29 is 18.7 Å². The van der Waals surface area contributed by atoms with Gasteiger partial charge in [-0.25, -0.2) is 4.98 Å². The molecule has 35 heavy (non-hydrogen) atoms. The number of anilines is 1. The van der Waals surface area contributed by atoms with Crippen LogP contribution in [0.3, 0.4) is 0 Å². The van der Waals surface area contributed by atoms with E-state index in [0.29, 0.717) is 23.9 Å². The van der Waals surface area contributed by atoms with Gasteiger partial charge in [0.1, 0.15) is 17.1 Å². The van der Waals surface area contributed by atoms with E-state index in [1.807, 2.05) is 74.5 Å². The molecule has 2 heterocycles. The highest BCUT2D eigenvalue weighted by atomic mass is 16.5. The summed E-state index contributed by atoms with van der Waals surface area (Å²) in [5.74, 6) is 1.55. The lowest BCUT2D eigenvalue weighted by molar-refractivity contribution is -0.111. The zero-order valence-electron chi connectivity index (χ0n) is 19.7. The molecule has 7 heteroatoms. The summed E-state index contributed by atoms with van der Waals surface area (Å²) < 4.78 is 17.0. The number of hydrogen-bond donors (Lipinski definition) is 2. The van der Waals surface area contributed by atoms with Crippen LogP contribution in [0.2, 0.25) is 0 Å². The molecular weight excluding hydrogens is 442 g/mol. The van der Waals surface area contributed by atoms with Gasteiger partial charge in [-0.15, -0.1) is 0 Å². The third-order valence-corrected chi connectivity index (χ3v) is 5.78. The fraction of sp³-hybridized carbons (Fsp3) is 0.143. The number of H-pyrrole nitrogens is 1. The van der Waals surface area contributed by atoms with Gasteiger partial charge in [0.25, 0.3) is 5.91 Å². The SMILES string of the molecule is CCOc1ccc(-c2coc3cc(OC)c(/C(C)=C/C(=O)Nc4nc5ccccc5[nH]4)cc23)cc1. The lowest BCUT2D eigenvalue weighted by atomic mass is 9.99. The summed E-state index contributed by atoms with van der Waals surface area (Å²) in [6, 6.07) is 19.3. The zero-order valence-corrected chi connectivity index (χ0v) is 19.7. The molecule has 5 rings (SSSR count). The number of rotatable bonds is 7. The summed E-state index contributed by atoms with van der Waals surface area (Å²) in [5, 5.41) is 3.73. The molecule has 5 aromatic rings. The fourth-order valence-corrected chi connectivity index (χ4v) is 4.09. The molecule has 0 radical (unpaired) electrons. The Morgan fingerprint density at radius 1 is 1.14 bits per heavy atom. The molecule has 0 aliphatic rings. The van der Waals surface area contributed by atoms with Crippen LogP contribution in [0, 0.1) is 0 Å². The minimum absolute atomic E-state index is 0.289. The van der Waals surface area contributed by atoms with E-state index in [1.165, 1.54) is 6.08 Å². The normalized spacial score (nSPS) is 11.7. The predicted molar refractivity (Wildman–Crippen MR) is 138 cm³/mol. The van der Waals surface area contributed by atoms with E-state index in [-0.39, 0.29) is 5.91 Å². The molecule has 0 bridgehead atoms. The van der Waals surface area contributed by atoms with Gasteiger partial charge >= 0.3 is 0 Å². The Labute approximate surface area is 202 Å². The number of aromatic amines is 1. The van der Waals surface area contributed by atoms with E-state index < -0.39 is 0 Å². The van der Waals surface area contributed by atoms with Crippen molar-refractivity contribution in [2.24, 2.45) is 0 Å². The second-order valence-electron chi connectivity index (χ2n) is 8.07. The maximum Gasteiger partial charge on any atom is 0.250 e. The number of furan rings is 1. The van der Waals surface area contributed by atoms with E-state index >= 15 is 0 Å². The highest BCUT2D eigenvalue weighted by molar-refractivity contribution is 6.05. The van der Waals surface area contributed by atoms with E-state index in [1.54, 1.807) is 13.4 Å². The van der Waals surface area contributed by atoms with Gasteiger partial charge in [0.15, 0.2) is 0 Å². The highest BCUT2D eigenvalue weighted by Crippen LogP contribution is 2.37. The van der Waals surface area contributed by atoms with Gasteiger partial charge in [-0.05, 0) is 55.3 Å². The molecule has 2 aromatic heterocycles. The minimum atomic E-state index is -0.289. The van der Waals surface area contributed by atoms with Crippen LogP contribution in [0.4, 0.5) is 5.95 Å². The largest absolute Gasteiger partial charge is 0.496 e. The lowest BCUT2D eigenvalue weighted by Gasteiger charge is -2.10. The van der Waals surface area contributed by atoms with Gasteiger partial charge in [0.05, 0.1) is 31.0 Å². The predicted octanol–water partition coefficient (Wildman–Crippen LogP) is 6.43. The first kappa shape index (κ1) is 22.3. The van der Waals surface area contributed by atoms with Crippen molar-refractivity contribution in [1.82, 2.24) is 9.97 Å². The van der Waals surface area contributed by atoms with Gasteiger partial charge in [-0.3, -0.25) is 10.1 Å². The Morgan fingerprint density at radius 2 is 1.94 bits per heavy atom. The number of para-hydroxylation sites is 2. The first-order chi connectivity index (χ1) is 17.1. The molecule has 0 saturated heterocycles. The molecule has 176 valence electrons. The number of aromatic nitrogens is 2. The summed E-state index contributed by atoms with van der Waals surface area (Å²) in [6.07, 6.45) is 3.27. The number of imidazole rings is 1. The van der Waals surface area contributed by atoms with Gasteiger partial charge in [-0.2, -0.15) is 0 Å². The van der Waals surface area contributed by atoms with Crippen molar-refractivity contribution >= 4 is 39.4 Å². The Kier molecular flexibility index (Phi) is 5.97. The van der Waals surface area contributed by atoms with Crippen molar-refractivity contribution in [3.8, 4) is 22.6 Å². The zero-order chi connectivity index (χ0) is 24.4. The number of ether oxygens (including phenoxy) is 2. The molecule has 0 saturated carbocycles. The van der Waals surface area contributed by atoms with Crippen LogP contribution in [0.1, 0.15) is 19.4 Å². The van der Waals surface area contributed by atoms with Crippen LogP contribution in [-0.2, 0) is 4.79 Å². The van der Waals surface area contributed by atoms with E-state index in [4.69, 9.17) is 13.9 Å². The first-order valence-corrected chi connectivity index (χ1v) is 11.3. The summed E-state index contributed by atoms with van der Waals surface area (Å²) >= 11 is 0. The molecule has 7 nitrogen and oxygen atoms in total. The number of nitrogens with one attached hydrogen (secondary N) is 2. The number of amides is 1. The molecule has 0 aliphatic heterocycles. The van der Waals surface area contributed by atoms with Crippen molar-refractivity contribution in [2.75, 3.05) is 19.0 Å². The topological polar surface area (TPSA) is 89.4 Å². The van der Waals surface area contributed by atoms with Crippen LogP contribution in [-0.4, -0.2) is 29.6 Å². The number of hydrogen-bond acceptors (Lipinski definition) is 5. The quantitative estimate of drug-likeness (QED) is 0.269. The van der Waals surface area contributed by atoms with E-state index in [9.17, 15) is 4.79 Å². The van der Waals surface area contributed by atoms with Crippen molar-refractivity contribution in [3.63, 3.8) is 0 Å². The van der Waals surface area contributed by atoms with Gasteiger partial charge in [-0.1, -0.05) is 24.3 Å². The van der Waals surface area contributed by atoms with Gasteiger partial charge < -0.3 is 18.9 Å². The Bertz CT molecular complexity index is 1510. The monoisotopic (exact) mass is 467 g/mol. The summed E-state index contributed by atoms with van der Waals surface area (Å²) in [7, 11) is 1.60. The number of carbonyl (C=O) groups excluding carboxylic acids is 1. The molecular formula is C28H25N3O4. The molecule has 2 N–H and O–H groups in total. The first-order valence-electron chi connectivity index (χ1n) is 11.3. The smallest absolute Gasteiger partial charge is 0.250 e. The van der Waals surface area contributed by atoms with Crippen molar-refractivity contribution in [3.05, 3.63) is 78.6 Å². The molecule has 0 fully saturated rings. The number of allylic oxidation sites excluding steroid dienone is 1. The van der Waals surface area contributed by atoms with E-state index in [2.05, 4.69) is 15.3 Å². The van der Waals surface area contributed by atoms with Crippen LogP contribution in [0.15, 0.2) is 77.4 Å². The average Bonchev–Trinajstić information content (AvgIpc) is 3.46. The number of methoxy groups -OCH3 is 1. The molecule has 3 aromatic carbocycles. The number of fused-ring (bicyclic) bond motifs is 2. The van der Waals surface area contributed by atoms with Crippen molar-refractivity contribution in [2.45, 2.75) is 13.8 Å². The Balaban J connectivity index is 1.46. The molecule has 0 atom stereocenters. The maximum atomic E-state index is 12.7. The molecule has 0 aliphatic carbocycles. The Hall–Kier alpha value is -4.52. The van der Waals surface area contributed by atoms with Crippen LogP contribution in [0.5, 0.6) is 11.5 Å². The molecule has 0 unspecified atom stereocenters. The lowest BCUT2D eigenvalue weighted by Crippen LogP contribution is -2.09. The van der Waals surface area contributed by atoms with Crippen LogP contribution in [0.25, 0.3) is 38.7 Å². The standard InChI is InChI=1S/C28H25N3O4/c1-4-34-19-11-9-18(10-12-19)22-16-35-26-15-25(33-3)20(14-21(22)26)17(2)13-27(32)31-28-29-23-7-5-6-8-24(23)30-28/h5-16H,4H2,1-3H3,(H2,29,30,31,32)/b17-13+. The van der Waals surface area contributed by atoms with E-state index in [0.717, 1.165) is 44.4 Å². The number of nitrogens with zero attached hydrogens (tertiary/aromatic N) is 1. The van der Waals surface area contributed by atoms with Crippen LogP contribution < -0.4 is 14.8 Å². The number of benzene rings is 3. The average molecular weight is 468 g/mol. The summed E-state index contributed by atoms with van der Waals surface area (Å²) in [4.78, 5) is 20.2. The fourth-order valence-electron chi connectivity index (χ4n) is 4.09. The second kappa shape index (κ2) is 9.38. The third-order valence-electron chi connectivity index (χ3n) is 5.78. The number of carbonyl (C=O) groups is 1. The van der Waals surface area contributed by atoms with Gasteiger partial charge in [0.2, 0.25) is 5.95 Å². The Morgan fingerprint density at radius 3 is 2.69 bits per heavy atom. The minimum Gasteiger partial charge on any atom is -0.496 e. The highest BCUT2D eigenvalue weighted by Gasteiger charge is 2.15. The summed E-state index contributed by atoms with van der Waals surface area (Å²) in [6.45, 7) is 4.45. The maximum absolute atomic E-state index is 12.7.